The summed E-state index contributed by atoms with van der Waals surface area (Å²) in [6, 6.07) is 0.240. The van der Waals surface area contributed by atoms with Crippen LogP contribution >= 0.6 is 0 Å². The van der Waals surface area contributed by atoms with Crippen molar-refractivity contribution in [2.24, 2.45) is 5.73 Å². The van der Waals surface area contributed by atoms with Gasteiger partial charge in [-0.25, -0.2) is 8.42 Å². The third kappa shape index (κ3) is 3.94. The lowest BCUT2D eigenvalue weighted by atomic mass is 10.3. The minimum Gasteiger partial charge on any atom is -0.326 e. The zero-order chi connectivity index (χ0) is 10.6. The maximum atomic E-state index is 11.4. The largest absolute Gasteiger partial charge is 0.326 e. The SMILES string of the molecule is CCCS(=O)(=O)CCN1CC[C@H](N)C1. The Labute approximate surface area is 86.4 Å². The van der Waals surface area contributed by atoms with Gasteiger partial charge in [-0.3, -0.25) is 0 Å². The van der Waals surface area contributed by atoms with Crippen molar-refractivity contribution in [3.8, 4) is 0 Å². The Balaban J connectivity index is 2.26. The average molecular weight is 220 g/mol. The Bertz CT molecular complexity index is 264. The minimum absolute atomic E-state index is 0.240. The Kier molecular flexibility index (Phi) is 4.34. The molecule has 0 aromatic carbocycles. The van der Waals surface area contributed by atoms with E-state index in [1.54, 1.807) is 0 Å². The third-order valence-corrected chi connectivity index (χ3v) is 4.38. The van der Waals surface area contributed by atoms with E-state index in [2.05, 4.69) is 4.90 Å². The van der Waals surface area contributed by atoms with Crippen molar-refractivity contribution >= 4 is 9.84 Å². The van der Waals surface area contributed by atoms with E-state index in [1.165, 1.54) is 0 Å². The molecule has 14 heavy (non-hydrogen) atoms. The second-order valence-electron chi connectivity index (χ2n) is 4.00. The molecule has 1 aliphatic heterocycles. The average Bonchev–Trinajstić information content (AvgIpc) is 2.48. The van der Waals surface area contributed by atoms with Gasteiger partial charge in [0.2, 0.25) is 0 Å². The first-order valence-electron chi connectivity index (χ1n) is 5.22. The number of nitrogens with two attached hydrogens (primary N) is 1. The maximum Gasteiger partial charge on any atom is 0.151 e. The normalized spacial score (nSPS) is 24.3. The highest BCUT2D eigenvalue weighted by Gasteiger charge is 2.20. The predicted molar refractivity (Wildman–Crippen MR) is 58.0 cm³/mol. The molecule has 84 valence electrons. The van der Waals surface area contributed by atoms with Crippen LogP contribution < -0.4 is 5.73 Å². The van der Waals surface area contributed by atoms with E-state index in [-0.39, 0.29) is 11.8 Å². The highest BCUT2D eigenvalue weighted by molar-refractivity contribution is 7.91. The summed E-state index contributed by atoms with van der Waals surface area (Å²) in [5.41, 5.74) is 5.73. The van der Waals surface area contributed by atoms with Gasteiger partial charge in [0.15, 0.2) is 9.84 Å². The molecule has 5 heteroatoms. The zero-order valence-electron chi connectivity index (χ0n) is 8.78. The summed E-state index contributed by atoms with van der Waals surface area (Å²) in [6.07, 6.45) is 1.70. The molecule has 1 saturated heterocycles. The summed E-state index contributed by atoms with van der Waals surface area (Å²) in [4.78, 5) is 2.14. The molecule has 1 heterocycles. The molecule has 0 bridgehead atoms. The molecule has 0 saturated carbocycles. The summed E-state index contributed by atoms with van der Waals surface area (Å²) in [5, 5.41) is 0. The van der Waals surface area contributed by atoms with Crippen LogP contribution in [0.4, 0.5) is 0 Å². The standard InChI is InChI=1S/C9H20N2O2S/c1-2-6-14(12,13)7-5-11-4-3-9(10)8-11/h9H,2-8,10H2,1H3/t9-/m0/s1. The quantitative estimate of drug-likeness (QED) is 0.699. The molecule has 4 nitrogen and oxygen atoms in total. The molecule has 1 fully saturated rings. The number of rotatable bonds is 5. The second kappa shape index (κ2) is 5.09. The van der Waals surface area contributed by atoms with Crippen LogP contribution in [0, 0.1) is 0 Å². The fourth-order valence-electron chi connectivity index (χ4n) is 1.75. The fourth-order valence-corrected chi connectivity index (χ4v) is 3.11. The van der Waals surface area contributed by atoms with Crippen LogP contribution in [0.15, 0.2) is 0 Å². The third-order valence-electron chi connectivity index (χ3n) is 2.54. The van der Waals surface area contributed by atoms with Crippen molar-refractivity contribution in [1.82, 2.24) is 4.90 Å². The second-order valence-corrected chi connectivity index (χ2v) is 6.30. The number of likely N-dealkylation sites (tertiary alicyclic amines) is 1. The fraction of sp³-hybridized carbons (Fsp3) is 1.00. The van der Waals surface area contributed by atoms with Crippen molar-refractivity contribution < 1.29 is 8.42 Å². The minimum atomic E-state index is -2.82. The molecule has 0 aromatic rings. The first-order chi connectivity index (χ1) is 6.53. The molecular formula is C9H20N2O2S. The van der Waals surface area contributed by atoms with Crippen molar-refractivity contribution in [1.29, 1.82) is 0 Å². The van der Waals surface area contributed by atoms with Crippen LogP contribution in [-0.4, -0.2) is 50.5 Å². The van der Waals surface area contributed by atoms with Gasteiger partial charge in [0.25, 0.3) is 0 Å². The van der Waals surface area contributed by atoms with Crippen LogP contribution in [0.1, 0.15) is 19.8 Å². The summed E-state index contributed by atoms with van der Waals surface area (Å²) in [6.45, 7) is 4.34. The molecule has 0 aliphatic carbocycles. The first-order valence-corrected chi connectivity index (χ1v) is 7.04. The smallest absolute Gasteiger partial charge is 0.151 e. The zero-order valence-corrected chi connectivity index (χ0v) is 9.59. The molecule has 2 N–H and O–H groups in total. The van der Waals surface area contributed by atoms with Crippen LogP contribution in [-0.2, 0) is 9.84 Å². The number of hydrogen-bond acceptors (Lipinski definition) is 4. The first kappa shape index (κ1) is 11.9. The lowest BCUT2D eigenvalue weighted by Gasteiger charge is -2.14. The lowest BCUT2D eigenvalue weighted by Crippen LogP contribution is -2.31. The lowest BCUT2D eigenvalue weighted by molar-refractivity contribution is 0.354. The van der Waals surface area contributed by atoms with Crippen molar-refractivity contribution in [3.05, 3.63) is 0 Å². The Morgan fingerprint density at radius 2 is 2.14 bits per heavy atom. The number of hydrogen-bond donors (Lipinski definition) is 1. The predicted octanol–water partition coefficient (Wildman–Crippen LogP) is -0.156. The van der Waals surface area contributed by atoms with Crippen LogP contribution in [0.5, 0.6) is 0 Å². The van der Waals surface area contributed by atoms with E-state index in [4.69, 9.17) is 5.73 Å². The summed E-state index contributed by atoms with van der Waals surface area (Å²) >= 11 is 0. The summed E-state index contributed by atoms with van der Waals surface area (Å²) in [7, 11) is -2.82. The van der Waals surface area contributed by atoms with Gasteiger partial charge in [-0.1, -0.05) is 6.92 Å². The Morgan fingerprint density at radius 1 is 1.43 bits per heavy atom. The molecule has 0 unspecified atom stereocenters. The summed E-state index contributed by atoms with van der Waals surface area (Å²) in [5.74, 6) is 0.598. The Hall–Kier alpha value is -0.130. The molecule has 1 aliphatic rings. The van der Waals surface area contributed by atoms with E-state index in [1.807, 2.05) is 6.92 Å². The number of sulfone groups is 1. The molecule has 0 amide bonds. The monoisotopic (exact) mass is 220 g/mol. The van der Waals surface area contributed by atoms with Gasteiger partial charge in [0.05, 0.1) is 5.75 Å². The van der Waals surface area contributed by atoms with Gasteiger partial charge in [0.1, 0.15) is 0 Å². The van der Waals surface area contributed by atoms with Crippen LogP contribution in [0.2, 0.25) is 0 Å². The van der Waals surface area contributed by atoms with Gasteiger partial charge < -0.3 is 10.6 Å². The van der Waals surface area contributed by atoms with Gasteiger partial charge in [-0.2, -0.15) is 0 Å². The van der Waals surface area contributed by atoms with E-state index < -0.39 is 9.84 Å². The van der Waals surface area contributed by atoms with Crippen LogP contribution in [0.3, 0.4) is 0 Å². The molecule has 0 spiro atoms. The highest BCUT2D eigenvalue weighted by atomic mass is 32.2. The maximum absolute atomic E-state index is 11.4. The number of nitrogens with zero attached hydrogens (tertiary/aromatic N) is 1. The van der Waals surface area contributed by atoms with Crippen molar-refractivity contribution in [2.75, 3.05) is 31.1 Å². The van der Waals surface area contributed by atoms with Gasteiger partial charge in [0, 0.05) is 24.9 Å². The van der Waals surface area contributed by atoms with E-state index in [0.717, 1.165) is 19.5 Å². The van der Waals surface area contributed by atoms with E-state index in [9.17, 15) is 8.42 Å². The van der Waals surface area contributed by atoms with Gasteiger partial charge in [-0.15, -0.1) is 0 Å². The highest BCUT2D eigenvalue weighted by Crippen LogP contribution is 2.07. The molecule has 1 atom stereocenters. The van der Waals surface area contributed by atoms with Gasteiger partial charge in [-0.05, 0) is 19.4 Å². The molecule has 0 aromatic heterocycles. The molecular weight excluding hydrogens is 200 g/mol. The molecule has 1 rings (SSSR count). The van der Waals surface area contributed by atoms with Crippen molar-refractivity contribution in [3.63, 3.8) is 0 Å². The summed E-state index contributed by atoms with van der Waals surface area (Å²) < 4.78 is 22.8. The van der Waals surface area contributed by atoms with E-state index in [0.29, 0.717) is 18.7 Å². The van der Waals surface area contributed by atoms with Crippen molar-refractivity contribution in [2.45, 2.75) is 25.8 Å². The topological polar surface area (TPSA) is 63.4 Å². The van der Waals surface area contributed by atoms with Gasteiger partial charge >= 0.3 is 0 Å². The molecule has 0 radical (unpaired) electrons. The Morgan fingerprint density at radius 3 is 2.64 bits per heavy atom. The van der Waals surface area contributed by atoms with Crippen LogP contribution in [0.25, 0.3) is 0 Å². The van der Waals surface area contributed by atoms with E-state index >= 15 is 0 Å².